The lowest BCUT2D eigenvalue weighted by Crippen LogP contribution is -2.27. The lowest BCUT2D eigenvalue weighted by Gasteiger charge is -2.28. The van der Waals surface area contributed by atoms with Gasteiger partial charge < -0.3 is 15.2 Å². The van der Waals surface area contributed by atoms with Crippen LogP contribution in [-0.4, -0.2) is 19.3 Å². The summed E-state index contributed by atoms with van der Waals surface area (Å²) in [6.07, 6.45) is 5.55. The SMILES string of the molecule is CC1CCCCC1OCCOc1cccc(N)c1. The number of anilines is 1. The van der Waals surface area contributed by atoms with Gasteiger partial charge in [-0.2, -0.15) is 0 Å². The highest BCUT2D eigenvalue weighted by Crippen LogP contribution is 2.26. The molecular formula is C15H23NO2. The van der Waals surface area contributed by atoms with Gasteiger partial charge >= 0.3 is 0 Å². The van der Waals surface area contributed by atoms with Crippen molar-refractivity contribution in [1.29, 1.82) is 0 Å². The first kappa shape index (κ1) is 13.2. The molecule has 0 heterocycles. The van der Waals surface area contributed by atoms with Gasteiger partial charge in [0.15, 0.2) is 0 Å². The van der Waals surface area contributed by atoms with E-state index in [0.717, 1.165) is 11.4 Å². The van der Waals surface area contributed by atoms with Gasteiger partial charge in [0.25, 0.3) is 0 Å². The van der Waals surface area contributed by atoms with E-state index < -0.39 is 0 Å². The van der Waals surface area contributed by atoms with Gasteiger partial charge in [-0.05, 0) is 30.9 Å². The molecular weight excluding hydrogens is 226 g/mol. The molecule has 2 unspecified atom stereocenters. The highest BCUT2D eigenvalue weighted by Gasteiger charge is 2.21. The maximum Gasteiger partial charge on any atom is 0.121 e. The summed E-state index contributed by atoms with van der Waals surface area (Å²) >= 11 is 0. The zero-order valence-corrected chi connectivity index (χ0v) is 11.1. The smallest absolute Gasteiger partial charge is 0.121 e. The average molecular weight is 249 g/mol. The standard InChI is InChI=1S/C15H23NO2/c1-12-5-2-3-8-15(12)18-10-9-17-14-7-4-6-13(16)11-14/h4,6-7,11-12,15H,2-3,5,8-10,16H2,1H3. The van der Waals surface area contributed by atoms with E-state index in [2.05, 4.69) is 6.92 Å². The molecule has 0 radical (unpaired) electrons. The summed E-state index contributed by atoms with van der Waals surface area (Å²) in [5, 5.41) is 0. The molecule has 3 heteroatoms. The molecule has 0 amide bonds. The molecule has 18 heavy (non-hydrogen) atoms. The molecule has 100 valence electrons. The minimum absolute atomic E-state index is 0.420. The molecule has 0 saturated heterocycles. The molecule has 0 spiro atoms. The average Bonchev–Trinajstić information content (AvgIpc) is 2.37. The number of nitrogens with two attached hydrogens (primary N) is 1. The van der Waals surface area contributed by atoms with E-state index in [9.17, 15) is 0 Å². The van der Waals surface area contributed by atoms with Crippen LogP contribution in [0.25, 0.3) is 0 Å². The second kappa shape index (κ2) is 6.64. The van der Waals surface area contributed by atoms with Crippen molar-refractivity contribution >= 4 is 5.69 Å². The lowest BCUT2D eigenvalue weighted by molar-refractivity contribution is -0.0165. The first-order valence-electron chi connectivity index (χ1n) is 6.85. The Hall–Kier alpha value is -1.22. The third-order valence-electron chi connectivity index (χ3n) is 3.57. The van der Waals surface area contributed by atoms with Gasteiger partial charge in [-0.25, -0.2) is 0 Å². The molecule has 0 bridgehead atoms. The predicted octanol–water partition coefficient (Wildman–Crippen LogP) is 3.24. The number of benzene rings is 1. The van der Waals surface area contributed by atoms with E-state index in [1.165, 1.54) is 25.7 Å². The molecule has 0 aliphatic heterocycles. The number of rotatable bonds is 5. The molecule has 2 N–H and O–H groups in total. The summed E-state index contributed by atoms with van der Waals surface area (Å²) in [6.45, 7) is 3.53. The van der Waals surface area contributed by atoms with Gasteiger partial charge in [0, 0.05) is 11.8 Å². The number of nitrogen functional groups attached to an aromatic ring is 1. The molecule has 1 aliphatic rings. The lowest BCUT2D eigenvalue weighted by atomic mass is 9.88. The van der Waals surface area contributed by atoms with Gasteiger partial charge in [0.05, 0.1) is 12.7 Å². The number of ether oxygens (including phenoxy) is 2. The van der Waals surface area contributed by atoms with Crippen LogP contribution in [0, 0.1) is 5.92 Å². The van der Waals surface area contributed by atoms with Crippen LogP contribution in [0.5, 0.6) is 5.75 Å². The number of hydrogen-bond donors (Lipinski definition) is 1. The minimum Gasteiger partial charge on any atom is -0.491 e. The molecule has 1 aromatic rings. The van der Waals surface area contributed by atoms with E-state index in [-0.39, 0.29) is 0 Å². The summed E-state index contributed by atoms with van der Waals surface area (Å²) < 4.78 is 11.5. The molecule has 0 aromatic heterocycles. The quantitative estimate of drug-likeness (QED) is 0.643. The third kappa shape index (κ3) is 3.91. The van der Waals surface area contributed by atoms with Gasteiger partial charge in [-0.3, -0.25) is 0 Å². The molecule has 2 atom stereocenters. The van der Waals surface area contributed by atoms with Crippen LogP contribution < -0.4 is 10.5 Å². The Morgan fingerprint density at radius 2 is 2.06 bits per heavy atom. The highest BCUT2D eigenvalue weighted by atomic mass is 16.5. The second-order valence-corrected chi connectivity index (χ2v) is 5.09. The van der Waals surface area contributed by atoms with Crippen molar-refractivity contribution in [2.75, 3.05) is 18.9 Å². The third-order valence-corrected chi connectivity index (χ3v) is 3.57. The topological polar surface area (TPSA) is 44.5 Å². The summed E-state index contributed by atoms with van der Waals surface area (Å²) in [5.41, 5.74) is 6.42. The van der Waals surface area contributed by atoms with Crippen LogP contribution in [0.3, 0.4) is 0 Å². The molecule has 1 aliphatic carbocycles. The largest absolute Gasteiger partial charge is 0.491 e. The minimum atomic E-state index is 0.420. The summed E-state index contributed by atoms with van der Waals surface area (Å²) in [4.78, 5) is 0. The first-order chi connectivity index (χ1) is 8.75. The van der Waals surface area contributed by atoms with Crippen molar-refractivity contribution in [2.24, 2.45) is 5.92 Å². The molecule has 1 saturated carbocycles. The molecule has 3 nitrogen and oxygen atoms in total. The maximum atomic E-state index is 5.89. The Kier molecular flexibility index (Phi) is 4.88. The first-order valence-corrected chi connectivity index (χ1v) is 6.85. The monoisotopic (exact) mass is 249 g/mol. The van der Waals surface area contributed by atoms with Crippen LogP contribution in [0.15, 0.2) is 24.3 Å². The fourth-order valence-corrected chi connectivity index (χ4v) is 2.49. The molecule has 1 fully saturated rings. The summed E-state index contributed by atoms with van der Waals surface area (Å²) in [6, 6.07) is 7.50. The summed E-state index contributed by atoms with van der Waals surface area (Å²) in [5.74, 6) is 1.50. The van der Waals surface area contributed by atoms with Crippen LogP contribution >= 0.6 is 0 Å². The Bertz CT molecular complexity index is 367. The Morgan fingerprint density at radius 1 is 1.22 bits per heavy atom. The van der Waals surface area contributed by atoms with Crippen molar-refractivity contribution in [3.8, 4) is 5.75 Å². The fourth-order valence-electron chi connectivity index (χ4n) is 2.49. The van der Waals surface area contributed by atoms with E-state index in [0.29, 0.717) is 25.2 Å². The van der Waals surface area contributed by atoms with Crippen molar-refractivity contribution in [3.63, 3.8) is 0 Å². The van der Waals surface area contributed by atoms with E-state index >= 15 is 0 Å². The van der Waals surface area contributed by atoms with E-state index in [1.807, 2.05) is 24.3 Å². The second-order valence-electron chi connectivity index (χ2n) is 5.09. The van der Waals surface area contributed by atoms with E-state index in [1.54, 1.807) is 0 Å². The van der Waals surface area contributed by atoms with E-state index in [4.69, 9.17) is 15.2 Å². The Morgan fingerprint density at radius 3 is 2.83 bits per heavy atom. The Balaban J connectivity index is 1.66. The van der Waals surface area contributed by atoms with Crippen molar-refractivity contribution in [2.45, 2.75) is 38.7 Å². The molecule has 1 aromatic carbocycles. The number of hydrogen-bond acceptors (Lipinski definition) is 3. The highest BCUT2D eigenvalue weighted by molar-refractivity contribution is 5.43. The normalized spacial score (nSPS) is 23.8. The van der Waals surface area contributed by atoms with Gasteiger partial charge in [-0.15, -0.1) is 0 Å². The van der Waals surface area contributed by atoms with Gasteiger partial charge in [-0.1, -0.05) is 25.8 Å². The van der Waals surface area contributed by atoms with Crippen LogP contribution in [-0.2, 0) is 4.74 Å². The zero-order valence-electron chi connectivity index (χ0n) is 11.1. The van der Waals surface area contributed by atoms with Crippen molar-refractivity contribution < 1.29 is 9.47 Å². The van der Waals surface area contributed by atoms with Gasteiger partial charge in [0.2, 0.25) is 0 Å². The molecule has 2 rings (SSSR count). The van der Waals surface area contributed by atoms with Crippen LogP contribution in [0.2, 0.25) is 0 Å². The van der Waals surface area contributed by atoms with Crippen LogP contribution in [0.4, 0.5) is 5.69 Å². The summed E-state index contributed by atoms with van der Waals surface area (Å²) in [7, 11) is 0. The fraction of sp³-hybridized carbons (Fsp3) is 0.600. The van der Waals surface area contributed by atoms with Crippen molar-refractivity contribution in [3.05, 3.63) is 24.3 Å². The van der Waals surface area contributed by atoms with Gasteiger partial charge in [0.1, 0.15) is 12.4 Å². The zero-order chi connectivity index (χ0) is 12.8. The van der Waals surface area contributed by atoms with Crippen LogP contribution in [0.1, 0.15) is 32.6 Å². The predicted molar refractivity (Wildman–Crippen MR) is 73.7 cm³/mol. The van der Waals surface area contributed by atoms with Crippen molar-refractivity contribution in [1.82, 2.24) is 0 Å². The maximum absolute atomic E-state index is 5.89. The Labute approximate surface area is 109 Å².